The molecular weight excluding hydrogens is 336 g/mol. The van der Waals surface area contributed by atoms with Crippen molar-refractivity contribution in [2.45, 2.75) is 5.16 Å². The number of ether oxygens (including phenoxy) is 2. The largest absolute Gasteiger partial charge is 0.454 e. The van der Waals surface area contributed by atoms with Crippen LogP contribution in [0.3, 0.4) is 0 Å². The van der Waals surface area contributed by atoms with Crippen LogP contribution < -0.4 is 9.47 Å². The second-order valence-electron chi connectivity index (χ2n) is 5.63. The molecule has 1 aliphatic rings. The van der Waals surface area contributed by atoms with Gasteiger partial charge in [-0.05, 0) is 23.8 Å². The highest BCUT2D eigenvalue weighted by atomic mass is 32.2. The van der Waals surface area contributed by atoms with Crippen molar-refractivity contribution in [2.75, 3.05) is 12.5 Å². The Kier molecular flexibility index (Phi) is 4.19. The molecule has 0 radical (unpaired) electrons. The maximum atomic E-state index is 12.5. The zero-order chi connectivity index (χ0) is 17.2. The monoisotopic (exact) mass is 352 g/mol. The third-order valence-electron chi connectivity index (χ3n) is 4.04. The van der Waals surface area contributed by atoms with Crippen molar-refractivity contribution in [2.24, 2.45) is 7.05 Å². The van der Waals surface area contributed by atoms with Crippen molar-refractivity contribution < 1.29 is 14.3 Å². The molecule has 126 valence electrons. The first-order valence-corrected chi connectivity index (χ1v) is 8.84. The van der Waals surface area contributed by atoms with Crippen molar-refractivity contribution >= 4 is 17.5 Å². The predicted molar refractivity (Wildman–Crippen MR) is 96.3 cm³/mol. The highest BCUT2D eigenvalue weighted by molar-refractivity contribution is 7.99. The fourth-order valence-corrected chi connectivity index (χ4v) is 3.53. The van der Waals surface area contributed by atoms with E-state index >= 15 is 0 Å². The van der Waals surface area contributed by atoms with Gasteiger partial charge in [0.1, 0.15) is 0 Å². The molecule has 6 heteroatoms. The van der Waals surface area contributed by atoms with Gasteiger partial charge in [-0.25, -0.2) is 4.98 Å². The van der Waals surface area contributed by atoms with Gasteiger partial charge in [0.25, 0.3) is 0 Å². The van der Waals surface area contributed by atoms with E-state index in [1.807, 2.05) is 48.1 Å². The molecule has 0 fully saturated rings. The van der Waals surface area contributed by atoms with Gasteiger partial charge in [-0.3, -0.25) is 4.79 Å². The molecule has 0 saturated heterocycles. The average Bonchev–Trinajstić information content (AvgIpc) is 3.26. The van der Waals surface area contributed by atoms with Gasteiger partial charge in [-0.15, -0.1) is 0 Å². The molecule has 0 amide bonds. The highest BCUT2D eigenvalue weighted by Gasteiger charge is 2.17. The molecule has 0 bridgehead atoms. The lowest BCUT2D eigenvalue weighted by Crippen LogP contribution is -2.04. The number of Topliss-reactive ketones (excluding diaryl/α,β-unsaturated/α-hetero) is 1. The Morgan fingerprint density at radius 3 is 2.80 bits per heavy atom. The smallest absolute Gasteiger partial charge is 0.231 e. The van der Waals surface area contributed by atoms with Crippen LogP contribution in [-0.2, 0) is 7.05 Å². The number of rotatable bonds is 5. The summed E-state index contributed by atoms with van der Waals surface area (Å²) >= 11 is 1.43. The summed E-state index contributed by atoms with van der Waals surface area (Å²) in [6, 6.07) is 15.3. The Morgan fingerprint density at radius 1 is 1.16 bits per heavy atom. The fourth-order valence-electron chi connectivity index (χ4n) is 2.69. The van der Waals surface area contributed by atoms with E-state index in [0.717, 1.165) is 16.4 Å². The van der Waals surface area contributed by atoms with E-state index in [2.05, 4.69) is 4.98 Å². The van der Waals surface area contributed by atoms with Crippen LogP contribution in [0, 0.1) is 0 Å². The molecule has 0 atom stereocenters. The highest BCUT2D eigenvalue weighted by Crippen LogP contribution is 2.33. The van der Waals surface area contributed by atoms with E-state index in [1.165, 1.54) is 11.8 Å². The van der Waals surface area contributed by atoms with Crippen LogP contribution in [0.25, 0.3) is 11.3 Å². The fraction of sp³-hybridized carbons (Fsp3) is 0.158. The third-order valence-corrected chi connectivity index (χ3v) is 5.09. The summed E-state index contributed by atoms with van der Waals surface area (Å²) in [5.41, 5.74) is 2.75. The standard InChI is InChI=1S/C19H16N2O3S/c1-21-15(13-5-3-2-4-6-13)10-20-19(21)25-11-16(22)14-7-8-17-18(9-14)24-12-23-17/h2-10H,11-12H2,1H3. The van der Waals surface area contributed by atoms with Crippen LogP contribution in [0.1, 0.15) is 10.4 Å². The number of hydrogen-bond acceptors (Lipinski definition) is 5. The van der Waals surface area contributed by atoms with Crippen molar-refractivity contribution in [3.8, 4) is 22.8 Å². The Hall–Kier alpha value is -2.73. The number of carbonyl (C=O) groups is 1. The Morgan fingerprint density at radius 2 is 1.96 bits per heavy atom. The number of carbonyl (C=O) groups excluding carboxylic acids is 1. The minimum Gasteiger partial charge on any atom is -0.454 e. The number of aromatic nitrogens is 2. The lowest BCUT2D eigenvalue weighted by atomic mass is 10.1. The maximum absolute atomic E-state index is 12.5. The second kappa shape index (κ2) is 6.64. The molecule has 0 spiro atoms. The minimum atomic E-state index is 0.0348. The molecule has 25 heavy (non-hydrogen) atoms. The van der Waals surface area contributed by atoms with Crippen molar-refractivity contribution in [1.29, 1.82) is 0 Å². The van der Waals surface area contributed by atoms with Crippen LogP contribution in [-0.4, -0.2) is 27.9 Å². The lowest BCUT2D eigenvalue weighted by Gasteiger charge is -2.06. The van der Waals surface area contributed by atoms with Crippen LogP contribution in [0.5, 0.6) is 11.5 Å². The summed E-state index contributed by atoms with van der Waals surface area (Å²) in [5, 5.41) is 0.813. The van der Waals surface area contributed by atoms with Gasteiger partial charge in [-0.2, -0.15) is 0 Å². The number of benzene rings is 2. The molecule has 2 heterocycles. The predicted octanol–water partition coefficient (Wildman–Crippen LogP) is 3.79. The molecule has 0 aliphatic carbocycles. The number of ketones is 1. The molecular formula is C19H16N2O3S. The topological polar surface area (TPSA) is 53.4 Å². The van der Waals surface area contributed by atoms with E-state index < -0.39 is 0 Å². The average molecular weight is 352 g/mol. The minimum absolute atomic E-state index is 0.0348. The normalized spacial score (nSPS) is 12.4. The SMILES string of the molecule is Cn1c(-c2ccccc2)cnc1SCC(=O)c1ccc2c(c1)OCO2. The third kappa shape index (κ3) is 3.13. The summed E-state index contributed by atoms with van der Waals surface area (Å²) in [6.45, 7) is 0.206. The number of nitrogens with zero attached hydrogens (tertiary/aromatic N) is 2. The van der Waals surface area contributed by atoms with Crippen LogP contribution in [0.15, 0.2) is 59.9 Å². The lowest BCUT2D eigenvalue weighted by molar-refractivity contribution is 0.102. The summed E-state index contributed by atoms with van der Waals surface area (Å²) in [7, 11) is 1.96. The van der Waals surface area contributed by atoms with E-state index in [9.17, 15) is 4.79 Å². The van der Waals surface area contributed by atoms with E-state index in [-0.39, 0.29) is 12.6 Å². The van der Waals surface area contributed by atoms with Gasteiger partial charge in [-0.1, -0.05) is 42.1 Å². The summed E-state index contributed by atoms with van der Waals surface area (Å²) in [6.07, 6.45) is 1.84. The van der Waals surface area contributed by atoms with Gasteiger partial charge in [0, 0.05) is 12.6 Å². The molecule has 0 unspecified atom stereocenters. The molecule has 5 nitrogen and oxygen atoms in total. The molecule has 2 aromatic carbocycles. The summed E-state index contributed by atoms with van der Waals surface area (Å²) in [5.74, 6) is 1.66. The number of imidazole rings is 1. The number of hydrogen-bond donors (Lipinski definition) is 0. The molecule has 1 aromatic heterocycles. The van der Waals surface area contributed by atoms with Crippen molar-refractivity contribution in [1.82, 2.24) is 9.55 Å². The molecule has 4 rings (SSSR count). The molecule has 1 aliphatic heterocycles. The number of thioether (sulfide) groups is 1. The van der Waals surface area contributed by atoms with Gasteiger partial charge in [0.2, 0.25) is 6.79 Å². The quantitative estimate of drug-likeness (QED) is 0.516. The van der Waals surface area contributed by atoms with E-state index in [0.29, 0.717) is 22.8 Å². The first kappa shape index (κ1) is 15.8. The van der Waals surface area contributed by atoms with Crippen molar-refractivity contribution in [3.05, 3.63) is 60.3 Å². The summed E-state index contributed by atoms with van der Waals surface area (Å²) in [4.78, 5) is 16.9. The van der Waals surface area contributed by atoms with Crippen LogP contribution in [0.4, 0.5) is 0 Å². The Bertz CT molecular complexity index is 922. The van der Waals surface area contributed by atoms with Crippen LogP contribution >= 0.6 is 11.8 Å². The van der Waals surface area contributed by atoms with Crippen LogP contribution in [0.2, 0.25) is 0 Å². The number of fused-ring (bicyclic) bond motifs is 1. The van der Waals surface area contributed by atoms with Gasteiger partial charge in [0.15, 0.2) is 22.4 Å². The van der Waals surface area contributed by atoms with Gasteiger partial charge >= 0.3 is 0 Å². The first-order chi connectivity index (χ1) is 12.2. The first-order valence-electron chi connectivity index (χ1n) is 7.85. The Balaban J connectivity index is 1.47. The van der Waals surface area contributed by atoms with Gasteiger partial charge in [0.05, 0.1) is 17.6 Å². The van der Waals surface area contributed by atoms with Gasteiger partial charge < -0.3 is 14.0 Å². The molecule has 0 N–H and O–H groups in total. The zero-order valence-electron chi connectivity index (χ0n) is 13.6. The van der Waals surface area contributed by atoms with E-state index in [4.69, 9.17) is 9.47 Å². The molecule has 0 saturated carbocycles. The van der Waals surface area contributed by atoms with E-state index in [1.54, 1.807) is 18.2 Å². The second-order valence-corrected chi connectivity index (χ2v) is 6.57. The zero-order valence-corrected chi connectivity index (χ0v) is 14.5. The molecule has 3 aromatic rings. The Labute approximate surface area is 149 Å². The maximum Gasteiger partial charge on any atom is 0.231 e. The van der Waals surface area contributed by atoms with Crippen molar-refractivity contribution in [3.63, 3.8) is 0 Å². The summed E-state index contributed by atoms with van der Waals surface area (Å²) < 4.78 is 12.6.